The van der Waals surface area contributed by atoms with E-state index in [1.807, 2.05) is 0 Å². The van der Waals surface area contributed by atoms with E-state index in [2.05, 4.69) is 27.4 Å². The van der Waals surface area contributed by atoms with Crippen molar-refractivity contribution in [3.8, 4) is 0 Å². The molecule has 10 atom stereocenters. The zero-order valence-electron chi connectivity index (χ0n) is 21.8. The molecule has 192 valence electrons. The van der Waals surface area contributed by atoms with Gasteiger partial charge >= 0.3 is 5.97 Å². The highest BCUT2D eigenvalue weighted by molar-refractivity contribution is 5.72. The summed E-state index contributed by atoms with van der Waals surface area (Å²) in [4.78, 5) is 11.3. The summed E-state index contributed by atoms with van der Waals surface area (Å²) in [5, 5.41) is 42.5. The SMILES string of the molecule is C=C(CC[C@@H](C)[C@H]1CCC2C3=C(CC[C@@]21C)[C@@]1(C)CC[C@@H](O)[C@](C)(O)C1C[C@@H]3O)[C@@H](C)C(=O)O. The largest absolute Gasteiger partial charge is 0.481 e. The number of hydrogen-bond donors (Lipinski definition) is 4. The smallest absolute Gasteiger partial charge is 0.310 e. The molecule has 2 unspecified atom stereocenters. The fraction of sp³-hybridized carbons (Fsp3) is 0.828. The maximum absolute atomic E-state index is 11.4. The number of aliphatic carboxylic acids is 1. The van der Waals surface area contributed by atoms with Gasteiger partial charge in [-0.15, -0.1) is 0 Å². The predicted molar refractivity (Wildman–Crippen MR) is 133 cm³/mol. The van der Waals surface area contributed by atoms with E-state index in [4.69, 9.17) is 0 Å². The maximum Gasteiger partial charge on any atom is 0.310 e. The van der Waals surface area contributed by atoms with Crippen molar-refractivity contribution < 1.29 is 25.2 Å². The Hall–Kier alpha value is -1.17. The molecule has 4 N–H and O–H groups in total. The summed E-state index contributed by atoms with van der Waals surface area (Å²) < 4.78 is 0. The molecule has 5 heteroatoms. The Balaban J connectivity index is 1.57. The summed E-state index contributed by atoms with van der Waals surface area (Å²) in [6, 6.07) is 0. The molecule has 5 nitrogen and oxygen atoms in total. The molecule has 4 rings (SSSR count). The van der Waals surface area contributed by atoms with E-state index in [0.29, 0.717) is 30.6 Å². The lowest BCUT2D eigenvalue weighted by Gasteiger charge is -2.60. The third-order valence-electron chi connectivity index (χ3n) is 11.2. The lowest BCUT2D eigenvalue weighted by Crippen LogP contribution is -2.60. The van der Waals surface area contributed by atoms with Crippen LogP contribution in [0.15, 0.2) is 23.3 Å². The van der Waals surface area contributed by atoms with Gasteiger partial charge < -0.3 is 20.4 Å². The molecule has 34 heavy (non-hydrogen) atoms. The average Bonchev–Trinajstić information content (AvgIpc) is 3.13. The molecule has 4 aliphatic rings. The zero-order chi connectivity index (χ0) is 25.2. The van der Waals surface area contributed by atoms with Gasteiger partial charge in [0.1, 0.15) is 0 Å². The Morgan fingerprint density at radius 2 is 1.79 bits per heavy atom. The van der Waals surface area contributed by atoms with Crippen LogP contribution in [0.25, 0.3) is 0 Å². The van der Waals surface area contributed by atoms with Gasteiger partial charge in [0.2, 0.25) is 0 Å². The third-order valence-corrected chi connectivity index (χ3v) is 11.2. The first kappa shape index (κ1) is 25.9. The number of carbonyl (C=O) groups is 1. The van der Waals surface area contributed by atoms with Gasteiger partial charge in [-0.1, -0.05) is 38.5 Å². The number of allylic oxidation sites excluding steroid dienone is 1. The minimum atomic E-state index is -1.17. The number of carboxylic acid groups (broad SMARTS) is 1. The number of aliphatic hydroxyl groups excluding tert-OH is 2. The summed E-state index contributed by atoms with van der Waals surface area (Å²) in [5.41, 5.74) is 2.25. The molecular weight excluding hydrogens is 428 g/mol. The van der Waals surface area contributed by atoms with Crippen molar-refractivity contribution in [3.05, 3.63) is 23.3 Å². The van der Waals surface area contributed by atoms with Gasteiger partial charge in [0.15, 0.2) is 0 Å². The van der Waals surface area contributed by atoms with E-state index in [-0.39, 0.29) is 16.7 Å². The Morgan fingerprint density at radius 3 is 2.44 bits per heavy atom. The molecule has 0 bridgehead atoms. The van der Waals surface area contributed by atoms with Gasteiger partial charge in [-0.05, 0) is 106 Å². The lowest BCUT2D eigenvalue weighted by molar-refractivity contribution is -0.173. The monoisotopic (exact) mass is 474 g/mol. The van der Waals surface area contributed by atoms with Gasteiger partial charge in [-0.3, -0.25) is 4.79 Å². The molecule has 0 spiro atoms. The van der Waals surface area contributed by atoms with Crippen molar-refractivity contribution >= 4 is 5.97 Å². The Kier molecular flexibility index (Phi) is 6.66. The first-order valence-electron chi connectivity index (χ1n) is 13.5. The number of carboxylic acids is 1. The van der Waals surface area contributed by atoms with Crippen LogP contribution in [0.3, 0.4) is 0 Å². The van der Waals surface area contributed by atoms with Gasteiger partial charge in [0.05, 0.1) is 23.7 Å². The fourth-order valence-electron chi connectivity index (χ4n) is 8.86. The topological polar surface area (TPSA) is 98.0 Å². The molecule has 0 aromatic carbocycles. The van der Waals surface area contributed by atoms with Gasteiger partial charge in [-0.2, -0.15) is 0 Å². The summed E-state index contributed by atoms with van der Waals surface area (Å²) in [7, 11) is 0. The molecule has 0 heterocycles. The minimum Gasteiger partial charge on any atom is -0.481 e. The molecule has 0 aliphatic heterocycles. The van der Waals surface area contributed by atoms with Crippen LogP contribution in [-0.2, 0) is 4.79 Å². The quantitative estimate of drug-likeness (QED) is 0.402. The van der Waals surface area contributed by atoms with Gasteiger partial charge in [-0.25, -0.2) is 0 Å². The van der Waals surface area contributed by atoms with Crippen LogP contribution in [0.2, 0.25) is 0 Å². The summed E-state index contributed by atoms with van der Waals surface area (Å²) >= 11 is 0. The summed E-state index contributed by atoms with van der Waals surface area (Å²) in [5.74, 6) is -0.0314. The second kappa shape index (κ2) is 8.74. The molecule has 0 amide bonds. The van der Waals surface area contributed by atoms with Crippen molar-refractivity contribution in [2.75, 3.05) is 0 Å². The highest BCUT2D eigenvalue weighted by Gasteiger charge is 2.61. The van der Waals surface area contributed by atoms with Crippen molar-refractivity contribution in [2.45, 2.75) is 110 Å². The van der Waals surface area contributed by atoms with E-state index in [9.17, 15) is 25.2 Å². The van der Waals surface area contributed by atoms with E-state index in [0.717, 1.165) is 50.5 Å². The molecule has 2 fully saturated rings. The number of rotatable bonds is 6. The van der Waals surface area contributed by atoms with Crippen LogP contribution in [0.1, 0.15) is 92.4 Å². The predicted octanol–water partition coefficient (Wildman–Crippen LogP) is 5.10. The Bertz CT molecular complexity index is 874. The van der Waals surface area contributed by atoms with Crippen LogP contribution >= 0.6 is 0 Å². The second-order valence-electron chi connectivity index (χ2n) is 12.9. The van der Waals surface area contributed by atoms with Crippen molar-refractivity contribution in [1.29, 1.82) is 0 Å². The molecule has 2 saturated carbocycles. The number of hydrogen-bond acceptors (Lipinski definition) is 4. The van der Waals surface area contributed by atoms with Gasteiger partial charge in [0, 0.05) is 5.92 Å². The molecule has 0 saturated heterocycles. The standard InChI is InChI=1S/C29H46O5/c1-16(18(3)26(32)33)7-8-17(2)19-9-10-20-25-21(11-13-27(19,20)4)28(5)14-12-24(31)29(6,34)23(28)15-22(25)30/h17-20,22-24,30-31,34H,1,7-15H2,2-6H3,(H,32,33)/t17-,18-,19-,20?,22+,23?,24-,27-,28-,29-/m1/s1. The Labute approximate surface area is 205 Å². The fourth-order valence-corrected chi connectivity index (χ4v) is 8.86. The normalized spacial score (nSPS) is 45.7. The average molecular weight is 475 g/mol. The van der Waals surface area contributed by atoms with Crippen LogP contribution in [-0.4, -0.2) is 44.2 Å². The van der Waals surface area contributed by atoms with Crippen molar-refractivity contribution in [3.63, 3.8) is 0 Å². The first-order chi connectivity index (χ1) is 15.7. The van der Waals surface area contributed by atoms with Crippen LogP contribution in [0.5, 0.6) is 0 Å². The van der Waals surface area contributed by atoms with Crippen molar-refractivity contribution in [2.24, 2.45) is 40.4 Å². The molecule has 0 aromatic rings. The maximum atomic E-state index is 11.4. The van der Waals surface area contributed by atoms with E-state index < -0.39 is 29.7 Å². The molecular formula is C29H46O5. The van der Waals surface area contributed by atoms with E-state index >= 15 is 0 Å². The van der Waals surface area contributed by atoms with Crippen LogP contribution in [0, 0.1) is 40.4 Å². The molecule has 4 aliphatic carbocycles. The molecule has 0 aromatic heterocycles. The summed E-state index contributed by atoms with van der Waals surface area (Å²) in [6.07, 6.45) is 6.72. The lowest BCUT2D eigenvalue weighted by atomic mass is 9.47. The zero-order valence-corrected chi connectivity index (χ0v) is 21.8. The minimum absolute atomic E-state index is 0.125. The highest BCUT2D eigenvalue weighted by Crippen LogP contribution is 2.67. The van der Waals surface area contributed by atoms with E-state index in [1.165, 1.54) is 11.1 Å². The third kappa shape index (κ3) is 3.81. The van der Waals surface area contributed by atoms with Crippen molar-refractivity contribution in [1.82, 2.24) is 0 Å². The van der Waals surface area contributed by atoms with Gasteiger partial charge in [0.25, 0.3) is 0 Å². The second-order valence-corrected chi connectivity index (χ2v) is 12.9. The van der Waals surface area contributed by atoms with Crippen LogP contribution < -0.4 is 0 Å². The van der Waals surface area contributed by atoms with Crippen LogP contribution in [0.4, 0.5) is 0 Å². The number of aliphatic hydroxyl groups is 3. The Morgan fingerprint density at radius 1 is 1.12 bits per heavy atom. The summed E-state index contributed by atoms with van der Waals surface area (Å²) in [6.45, 7) is 14.5. The first-order valence-corrected chi connectivity index (χ1v) is 13.5. The molecule has 0 radical (unpaired) electrons. The highest BCUT2D eigenvalue weighted by atomic mass is 16.4. The van der Waals surface area contributed by atoms with E-state index in [1.54, 1.807) is 13.8 Å². The number of fused-ring (bicyclic) bond motifs is 4.